The van der Waals surface area contributed by atoms with E-state index in [1.54, 1.807) is 20.8 Å². The first kappa shape index (κ1) is 25.4. The average molecular weight is 487 g/mol. The van der Waals surface area contributed by atoms with Crippen LogP contribution in [0.4, 0.5) is 4.79 Å². The van der Waals surface area contributed by atoms with E-state index in [-0.39, 0.29) is 25.4 Å². The van der Waals surface area contributed by atoms with E-state index < -0.39 is 38.5 Å². The van der Waals surface area contributed by atoms with E-state index in [0.717, 1.165) is 22.3 Å². The molecule has 2 aromatic rings. The van der Waals surface area contributed by atoms with Crippen LogP contribution in [0.1, 0.15) is 50.7 Å². The molecule has 2 aromatic carbocycles. The Hall–Kier alpha value is -3.20. The molecule has 2 amide bonds. The number of hydrogen-bond acceptors (Lipinski definition) is 5. The molecule has 0 saturated heterocycles. The van der Waals surface area contributed by atoms with Crippen molar-refractivity contribution < 1.29 is 28.4 Å². The first-order chi connectivity index (χ1) is 15.9. The number of carboxylic acid groups (broad SMARTS) is 1. The molecule has 2 unspecified atom stereocenters. The Bertz CT molecular complexity index is 1180. The third-order valence-corrected chi connectivity index (χ3v) is 8.78. The fraction of sp³-hybridized carbons (Fsp3) is 0.400. The monoisotopic (exact) mass is 486 g/mol. The van der Waals surface area contributed by atoms with E-state index in [4.69, 9.17) is 9.84 Å². The lowest BCUT2D eigenvalue weighted by atomic mass is 9.98. The highest BCUT2D eigenvalue weighted by Gasteiger charge is 2.31. The molecule has 3 rings (SSSR count). The zero-order chi connectivity index (χ0) is 25.1. The number of amides is 2. The van der Waals surface area contributed by atoms with Crippen molar-refractivity contribution in [2.24, 2.45) is 4.36 Å². The fourth-order valence-corrected chi connectivity index (χ4v) is 4.42. The quantitative estimate of drug-likeness (QED) is 0.605. The molecule has 0 bridgehead atoms. The van der Waals surface area contributed by atoms with Gasteiger partial charge in [0, 0.05) is 23.3 Å². The SMILES string of the molecule is CC(C)(C)S(C)(=O)=NC(=O)C(CCC(=O)O)NC(=O)OCC1c2ccccc2-c2ccccc21. The third kappa shape index (κ3) is 5.64. The molecule has 0 heterocycles. The van der Waals surface area contributed by atoms with Crippen molar-refractivity contribution >= 4 is 27.7 Å². The van der Waals surface area contributed by atoms with E-state index >= 15 is 0 Å². The topological polar surface area (TPSA) is 122 Å². The number of ether oxygens (including phenoxy) is 1. The van der Waals surface area contributed by atoms with E-state index in [9.17, 15) is 18.6 Å². The smallest absolute Gasteiger partial charge is 0.407 e. The number of hydrogen-bond donors (Lipinski definition) is 2. The van der Waals surface area contributed by atoms with Gasteiger partial charge < -0.3 is 15.2 Å². The molecule has 1 aliphatic rings. The Morgan fingerprint density at radius 3 is 2.09 bits per heavy atom. The summed E-state index contributed by atoms with van der Waals surface area (Å²) in [5, 5.41) is 11.5. The Labute approximate surface area is 199 Å². The van der Waals surface area contributed by atoms with Gasteiger partial charge in [0.25, 0.3) is 5.91 Å². The summed E-state index contributed by atoms with van der Waals surface area (Å²) in [6.07, 6.45) is -0.0524. The van der Waals surface area contributed by atoms with E-state index in [1.165, 1.54) is 6.26 Å². The van der Waals surface area contributed by atoms with Crippen LogP contribution in [0.15, 0.2) is 52.9 Å². The number of nitrogens with one attached hydrogen (secondary N) is 1. The fourth-order valence-electron chi connectivity index (χ4n) is 3.68. The minimum Gasteiger partial charge on any atom is -0.481 e. The molecule has 0 radical (unpaired) electrons. The van der Waals surface area contributed by atoms with Crippen LogP contribution in [0.2, 0.25) is 0 Å². The number of aliphatic carboxylic acids is 1. The first-order valence-electron chi connectivity index (χ1n) is 11.0. The van der Waals surface area contributed by atoms with Crippen LogP contribution < -0.4 is 5.32 Å². The van der Waals surface area contributed by atoms with Crippen LogP contribution in [0.5, 0.6) is 0 Å². The number of rotatable bonds is 7. The zero-order valence-electron chi connectivity index (χ0n) is 19.7. The van der Waals surface area contributed by atoms with Crippen LogP contribution in [0.25, 0.3) is 11.1 Å². The largest absolute Gasteiger partial charge is 0.481 e. The van der Waals surface area contributed by atoms with Crippen molar-refractivity contribution in [2.75, 3.05) is 12.9 Å². The summed E-state index contributed by atoms with van der Waals surface area (Å²) in [4.78, 5) is 36.4. The Morgan fingerprint density at radius 2 is 1.59 bits per heavy atom. The van der Waals surface area contributed by atoms with Crippen LogP contribution >= 0.6 is 0 Å². The summed E-state index contributed by atoms with van der Waals surface area (Å²) in [7, 11) is -2.92. The lowest BCUT2D eigenvalue weighted by molar-refractivity contribution is -0.137. The number of fused-ring (bicyclic) bond motifs is 3. The summed E-state index contributed by atoms with van der Waals surface area (Å²) in [5.41, 5.74) is 4.25. The van der Waals surface area contributed by atoms with E-state index in [0.29, 0.717) is 0 Å². The van der Waals surface area contributed by atoms with E-state index in [2.05, 4.69) is 9.68 Å². The second-order valence-electron chi connectivity index (χ2n) is 9.30. The number of carbonyl (C=O) groups is 3. The maximum absolute atomic E-state index is 12.8. The predicted octanol–water partition coefficient (Wildman–Crippen LogP) is 4.18. The maximum atomic E-state index is 12.8. The number of benzene rings is 2. The highest BCUT2D eigenvalue weighted by atomic mass is 32.2. The van der Waals surface area contributed by atoms with Gasteiger partial charge in [-0.3, -0.25) is 9.59 Å². The summed E-state index contributed by atoms with van der Waals surface area (Å²) < 4.78 is 21.4. The average Bonchev–Trinajstić information content (AvgIpc) is 3.07. The lowest BCUT2D eigenvalue weighted by Gasteiger charge is -2.22. The second kappa shape index (κ2) is 9.97. The molecule has 0 spiro atoms. The van der Waals surface area contributed by atoms with Gasteiger partial charge in [-0.25, -0.2) is 9.00 Å². The third-order valence-electron chi connectivity index (χ3n) is 5.98. The highest BCUT2D eigenvalue weighted by Crippen LogP contribution is 2.44. The highest BCUT2D eigenvalue weighted by molar-refractivity contribution is 7.94. The molecular formula is C25H30N2O6S. The van der Waals surface area contributed by atoms with Crippen molar-refractivity contribution in [3.8, 4) is 11.1 Å². The van der Waals surface area contributed by atoms with Crippen LogP contribution in [0, 0.1) is 0 Å². The van der Waals surface area contributed by atoms with Crippen molar-refractivity contribution in [2.45, 2.75) is 50.3 Å². The summed E-state index contributed by atoms with van der Waals surface area (Å²) in [6.45, 7) is 5.12. The standard InChI is InChI=1S/C25H30N2O6S/c1-25(2,3)34(4,32)27-23(30)21(13-14-22(28)29)26-24(31)33-15-20-18-11-7-5-9-16(18)17-10-6-8-12-19(17)20/h5-12,20-21H,13-15H2,1-4H3,(H,26,31)(H,28,29). The van der Waals surface area contributed by atoms with Gasteiger partial charge in [-0.2, -0.15) is 4.36 Å². The van der Waals surface area contributed by atoms with Crippen molar-refractivity contribution in [1.82, 2.24) is 5.32 Å². The molecule has 9 heteroatoms. The lowest BCUT2D eigenvalue weighted by Crippen LogP contribution is -2.42. The number of alkyl carbamates (subject to hydrolysis) is 1. The Morgan fingerprint density at radius 1 is 1.06 bits per heavy atom. The van der Waals surface area contributed by atoms with Crippen LogP contribution in [-0.4, -0.2) is 50.9 Å². The first-order valence-corrected chi connectivity index (χ1v) is 12.9. The second-order valence-corrected chi connectivity index (χ2v) is 12.3. The molecule has 1 aliphatic carbocycles. The molecule has 182 valence electrons. The maximum Gasteiger partial charge on any atom is 0.407 e. The summed E-state index contributed by atoms with van der Waals surface area (Å²) in [6, 6.07) is 14.5. The van der Waals surface area contributed by atoms with Gasteiger partial charge in [-0.1, -0.05) is 48.5 Å². The minimum atomic E-state index is -2.92. The number of nitrogens with zero attached hydrogens (tertiary/aromatic N) is 1. The van der Waals surface area contributed by atoms with Crippen LogP contribution in [0.3, 0.4) is 0 Å². The van der Waals surface area contributed by atoms with E-state index in [1.807, 2.05) is 48.5 Å². The minimum absolute atomic E-state index is 0.0450. The summed E-state index contributed by atoms with van der Waals surface area (Å²) in [5.74, 6) is -2.12. The molecule has 0 aromatic heterocycles. The van der Waals surface area contributed by atoms with Gasteiger partial charge in [0.15, 0.2) is 0 Å². The van der Waals surface area contributed by atoms with Gasteiger partial charge >= 0.3 is 12.1 Å². The van der Waals surface area contributed by atoms with Gasteiger partial charge in [-0.15, -0.1) is 0 Å². The van der Waals surface area contributed by atoms with Gasteiger partial charge in [0.1, 0.15) is 12.6 Å². The predicted molar refractivity (Wildman–Crippen MR) is 130 cm³/mol. The molecule has 8 nitrogen and oxygen atoms in total. The Balaban J connectivity index is 1.74. The molecule has 34 heavy (non-hydrogen) atoms. The number of carbonyl (C=O) groups excluding carboxylic acids is 2. The summed E-state index contributed by atoms with van der Waals surface area (Å²) >= 11 is 0. The number of carboxylic acids is 1. The molecule has 0 fully saturated rings. The van der Waals surface area contributed by atoms with Gasteiger partial charge in [-0.05, 0) is 49.4 Å². The molecule has 0 aliphatic heterocycles. The van der Waals surface area contributed by atoms with Gasteiger partial charge in [0.05, 0.1) is 9.73 Å². The zero-order valence-corrected chi connectivity index (χ0v) is 20.6. The molecule has 2 N–H and O–H groups in total. The van der Waals surface area contributed by atoms with Crippen molar-refractivity contribution in [3.63, 3.8) is 0 Å². The van der Waals surface area contributed by atoms with Crippen LogP contribution in [-0.2, 0) is 24.1 Å². The normalized spacial score (nSPS) is 15.4. The molecule has 0 saturated carbocycles. The molecule has 2 atom stereocenters. The van der Waals surface area contributed by atoms with Gasteiger partial charge in [0.2, 0.25) is 0 Å². The van der Waals surface area contributed by atoms with Crippen molar-refractivity contribution in [3.05, 3.63) is 59.7 Å². The van der Waals surface area contributed by atoms with Crippen molar-refractivity contribution in [1.29, 1.82) is 0 Å². The Kier molecular flexibility index (Phi) is 7.45. The molecular weight excluding hydrogens is 456 g/mol.